The van der Waals surface area contributed by atoms with Gasteiger partial charge in [-0.1, -0.05) is 6.07 Å². The normalized spacial score (nSPS) is 13.7. The lowest BCUT2D eigenvalue weighted by Gasteiger charge is -2.14. The molecule has 2 aromatic heterocycles. The third-order valence-electron chi connectivity index (χ3n) is 4.13. The fourth-order valence-corrected chi connectivity index (χ4v) is 3.75. The Kier molecular flexibility index (Phi) is 4.41. The van der Waals surface area contributed by atoms with Crippen molar-refractivity contribution >= 4 is 34.7 Å². The summed E-state index contributed by atoms with van der Waals surface area (Å²) in [5.41, 5.74) is 1.92. The monoisotopic (exact) mass is 383 g/mol. The lowest BCUT2D eigenvalue weighted by Crippen LogP contribution is -2.23. The maximum atomic E-state index is 12.7. The zero-order chi connectivity index (χ0) is 19.0. The molecule has 1 aromatic carbocycles. The Morgan fingerprint density at radius 1 is 1.26 bits per heavy atom. The van der Waals surface area contributed by atoms with Gasteiger partial charge in [-0.25, -0.2) is 9.78 Å². The molecule has 1 fully saturated rings. The van der Waals surface area contributed by atoms with E-state index in [1.807, 2.05) is 19.1 Å². The molecule has 0 atom stereocenters. The number of aryl methyl sites for hydroxylation is 2. The summed E-state index contributed by atoms with van der Waals surface area (Å²) in [6, 6.07) is 10.8. The topological polar surface area (TPSA) is 84.7 Å². The second kappa shape index (κ2) is 6.88. The van der Waals surface area contributed by atoms with Gasteiger partial charge in [-0.3, -0.25) is 9.69 Å². The van der Waals surface area contributed by atoms with Crippen molar-refractivity contribution in [2.45, 2.75) is 13.8 Å². The van der Waals surface area contributed by atoms with E-state index in [0.29, 0.717) is 45.9 Å². The average molecular weight is 383 g/mol. The number of cyclic esters (lactones) is 1. The number of ether oxygens (including phenoxy) is 1. The van der Waals surface area contributed by atoms with Crippen molar-refractivity contribution in [3.05, 3.63) is 52.7 Å². The van der Waals surface area contributed by atoms with Gasteiger partial charge >= 0.3 is 6.09 Å². The zero-order valence-corrected chi connectivity index (χ0v) is 15.6. The van der Waals surface area contributed by atoms with Crippen molar-refractivity contribution in [3.63, 3.8) is 0 Å². The molecule has 138 valence electrons. The van der Waals surface area contributed by atoms with Crippen LogP contribution < -0.4 is 10.2 Å². The van der Waals surface area contributed by atoms with Gasteiger partial charge in [0.25, 0.3) is 5.91 Å². The van der Waals surface area contributed by atoms with Gasteiger partial charge in [0.05, 0.1) is 12.2 Å². The van der Waals surface area contributed by atoms with E-state index < -0.39 is 0 Å². The zero-order valence-electron chi connectivity index (χ0n) is 14.8. The predicted octanol–water partition coefficient (Wildman–Crippen LogP) is 4.23. The molecule has 3 aromatic rings. The van der Waals surface area contributed by atoms with Gasteiger partial charge in [0.15, 0.2) is 10.8 Å². The number of amides is 2. The Bertz CT molecular complexity index is 1020. The van der Waals surface area contributed by atoms with Crippen molar-refractivity contribution < 1.29 is 18.7 Å². The Labute approximate surface area is 159 Å². The molecule has 4 rings (SSSR count). The molecule has 1 saturated heterocycles. The number of thiazole rings is 1. The minimum atomic E-state index is -0.379. The maximum Gasteiger partial charge on any atom is 0.414 e. The molecule has 0 unspecified atom stereocenters. The van der Waals surface area contributed by atoms with E-state index in [2.05, 4.69) is 10.3 Å². The van der Waals surface area contributed by atoms with Crippen LogP contribution in [-0.2, 0) is 4.74 Å². The van der Waals surface area contributed by atoms with Crippen LogP contribution in [0.1, 0.15) is 21.1 Å². The summed E-state index contributed by atoms with van der Waals surface area (Å²) in [7, 11) is 0. The quantitative estimate of drug-likeness (QED) is 0.729. The van der Waals surface area contributed by atoms with Crippen molar-refractivity contribution in [1.29, 1.82) is 0 Å². The summed E-state index contributed by atoms with van der Waals surface area (Å²) in [6.07, 6.45) is -0.379. The Balaban J connectivity index is 1.54. The number of hydrogen-bond donors (Lipinski definition) is 1. The molecule has 0 bridgehead atoms. The van der Waals surface area contributed by atoms with Crippen LogP contribution in [0, 0.1) is 13.8 Å². The molecule has 27 heavy (non-hydrogen) atoms. The van der Waals surface area contributed by atoms with Gasteiger partial charge in [-0.05, 0) is 44.2 Å². The van der Waals surface area contributed by atoms with Gasteiger partial charge in [0.2, 0.25) is 0 Å². The molecule has 1 aliphatic heterocycles. The maximum absolute atomic E-state index is 12.7. The number of hydrogen-bond acceptors (Lipinski definition) is 6. The van der Waals surface area contributed by atoms with Gasteiger partial charge in [0, 0.05) is 11.4 Å². The van der Waals surface area contributed by atoms with Gasteiger partial charge in [-0.2, -0.15) is 0 Å². The molecule has 3 heterocycles. The number of carbonyl (C=O) groups excluding carboxylic acids is 2. The van der Waals surface area contributed by atoms with E-state index in [9.17, 15) is 9.59 Å². The molecular formula is C19H17N3O4S. The van der Waals surface area contributed by atoms with Gasteiger partial charge in [-0.15, -0.1) is 11.3 Å². The van der Waals surface area contributed by atoms with Crippen LogP contribution in [-0.4, -0.2) is 30.1 Å². The van der Waals surface area contributed by atoms with Crippen LogP contribution in [0.25, 0.3) is 10.8 Å². The molecule has 2 amide bonds. The number of aromatic nitrogens is 1. The average Bonchev–Trinajstić information content (AvgIpc) is 3.35. The lowest BCUT2D eigenvalue weighted by molar-refractivity contribution is 0.102. The molecule has 8 heteroatoms. The molecule has 1 aliphatic rings. The summed E-state index contributed by atoms with van der Waals surface area (Å²) in [4.78, 5) is 30.9. The van der Waals surface area contributed by atoms with E-state index in [-0.39, 0.29) is 12.0 Å². The van der Waals surface area contributed by atoms with Crippen molar-refractivity contribution in [3.8, 4) is 10.8 Å². The second-order valence-electron chi connectivity index (χ2n) is 6.11. The first-order chi connectivity index (χ1) is 13.0. The number of nitrogens with zero attached hydrogens (tertiary/aromatic N) is 2. The number of furan rings is 1. The van der Waals surface area contributed by atoms with Crippen LogP contribution in [0.5, 0.6) is 0 Å². The summed E-state index contributed by atoms with van der Waals surface area (Å²) in [5.74, 6) is 1.19. The van der Waals surface area contributed by atoms with Crippen molar-refractivity contribution in [2.75, 3.05) is 23.4 Å². The summed E-state index contributed by atoms with van der Waals surface area (Å²) >= 11 is 1.28. The highest BCUT2D eigenvalue weighted by molar-refractivity contribution is 7.17. The minimum Gasteiger partial charge on any atom is -0.459 e. The highest BCUT2D eigenvalue weighted by Gasteiger charge is 2.24. The number of carbonyl (C=O) groups is 2. The first kappa shape index (κ1) is 17.3. The molecule has 7 nitrogen and oxygen atoms in total. The highest BCUT2D eigenvalue weighted by Crippen LogP contribution is 2.30. The smallest absolute Gasteiger partial charge is 0.414 e. The number of rotatable bonds is 4. The fraction of sp³-hybridized carbons (Fsp3) is 0.211. The van der Waals surface area contributed by atoms with Gasteiger partial charge < -0.3 is 14.5 Å². The van der Waals surface area contributed by atoms with E-state index >= 15 is 0 Å². The fourth-order valence-electron chi connectivity index (χ4n) is 2.83. The standard InChI is InChI=1S/C19H17N3O4S/c1-11-6-7-15(26-11)18-20-12(2)16(27-18)17(23)21-13-4-3-5-14(10-13)22-8-9-25-19(22)24/h3-7,10H,8-9H2,1-2H3,(H,21,23). The first-order valence-corrected chi connectivity index (χ1v) is 9.23. The Hall–Kier alpha value is -3.13. The number of anilines is 2. The van der Waals surface area contributed by atoms with E-state index in [1.54, 1.807) is 31.2 Å². The SMILES string of the molecule is Cc1ccc(-c2nc(C)c(C(=O)Nc3cccc(N4CCOC4=O)c3)s2)o1. The summed E-state index contributed by atoms with van der Waals surface area (Å²) < 4.78 is 10.5. The van der Waals surface area contributed by atoms with E-state index in [1.165, 1.54) is 16.2 Å². The lowest BCUT2D eigenvalue weighted by atomic mass is 10.2. The van der Waals surface area contributed by atoms with Crippen LogP contribution >= 0.6 is 11.3 Å². The number of benzene rings is 1. The minimum absolute atomic E-state index is 0.249. The third kappa shape index (κ3) is 3.43. The second-order valence-corrected chi connectivity index (χ2v) is 7.11. The molecular weight excluding hydrogens is 366 g/mol. The van der Waals surface area contributed by atoms with E-state index in [4.69, 9.17) is 9.15 Å². The van der Waals surface area contributed by atoms with Crippen LogP contribution in [0.15, 0.2) is 40.8 Å². The Morgan fingerprint density at radius 3 is 2.81 bits per heavy atom. The Morgan fingerprint density at radius 2 is 2.11 bits per heavy atom. The molecule has 0 saturated carbocycles. The van der Waals surface area contributed by atoms with E-state index in [0.717, 1.165) is 5.76 Å². The molecule has 1 N–H and O–H groups in total. The molecule has 0 aliphatic carbocycles. The highest BCUT2D eigenvalue weighted by atomic mass is 32.1. The first-order valence-electron chi connectivity index (χ1n) is 8.41. The predicted molar refractivity (Wildman–Crippen MR) is 102 cm³/mol. The van der Waals surface area contributed by atoms with Gasteiger partial charge in [0.1, 0.15) is 17.2 Å². The third-order valence-corrected chi connectivity index (χ3v) is 5.30. The summed E-state index contributed by atoms with van der Waals surface area (Å²) in [6.45, 7) is 4.52. The molecule has 0 spiro atoms. The van der Waals surface area contributed by atoms with Crippen LogP contribution in [0.3, 0.4) is 0 Å². The molecule has 0 radical (unpaired) electrons. The largest absolute Gasteiger partial charge is 0.459 e. The van der Waals surface area contributed by atoms with Crippen LogP contribution in [0.2, 0.25) is 0 Å². The summed E-state index contributed by atoms with van der Waals surface area (Å²) in [5, 5.41) is 3.54. The van der Waals surface area contributed by atoms with Crippen molar-refractivity contribution in [2.24, 2.45) is 0 Å². The van der Waals surface area contributed by atoms with Crippen LogP contribution in [0.4, 0.5) is 16.2 Å². The van der Waals surface area contributed by atoms with Crippen molar-refractivity contribution in [1.82, 2.24) is 4.98 Å². The number of nitrogens with one attached hydrogen (secondary N) is 1.